The van der Waals surface area contributed by atoms with Gasteiger partial charge in [-0.15, -0.1) is 0 Å². The van der Waals surface area contributed by atoms with E-state index in [-0.39, 0.29) is 12.0 Å². The minimum Gasteiger partial charge on any atom is -0.444 e. The monoisotopic (exact) mass is 556 g/mol. The number of oxazole rings is 1. The molecule has 0 bridgehead atoms. The molecule has 1 unspecified atom stereocenters. The molecule has 1 amide bonds. The van der Waals surface area contributed by atoms with Crippen LogP contribution in [0, 0.1) is 5.92 Å². The van der Waals surface area contributed by atoms with Crippen LogP contribution >= 0.6 is 0 Å². The van der Waals surface area contributed by atoms with Crippen molar-refractivity contribution in [3.63, 3.8) is 0 Å². The summed E-state index contributed by atoms with van der Waals surface area (Å²) in [6, 6.07) is 9.94. The van der Waals surface area contributed by atoms with Crippen molar-refractivity contribution >= 4 is 6.09 Å². The molecule has 1 aliphatic carbocycles. The molecular formula is C33H54N3O4+. The molecule has 1 fully saturated rings. The molecule has 1 atom stereocenters. The zero-order chi connectivity index (χ0) is 29.2. The highest BCUT2D eigenvalue weighted by atomic mass is 16.6. The van der Waals surface area contributed by atoms with Crippen LogP contribution in [0.5, 0.6) is 0 Å². The molecule has 1 N–H and O–H groups in total. The van der Waals surface area contributed by atoms with Crippen LogP contribution in [0.4, 0.5) is 4.79 Å². The molecule has 7 nitrogen and oxygen atoms in total. The number of ether oxygens (including phenoxy) is 1. The number of aliphatic hydroxyl groups is 1. The maximum atomic E-state index is 12.1. The molecule has 40 heavy (non-hydrogen) atoms. The summed E-state index contributed by atoms with van der Waals surface area (Å²) in [5.74, 6) is 1.40. The molecule has 1 aromatic carbocycles. The van der Waals surface area contributed by atoms with Gasteiger partial charge in [-0.05, 0) is 58.4 Å². The second-order valence-electron chi connectivity index (χ2n) is 13.4. The molecule has 7 heteroatoms. The van der Waals surface area contributed by atoms with E-state index in [0.717, 1.165) is 80.4 Å². The molecule has 0 spiro atoms. The predicted octanol–water partition coefficient (Wildman–Crippen LogP) is 7.27. The molecule has 1 aliphatic rings. The molecule has 1 saturated carbocycles. The Labute approximate surface area is 242 Å². The van der Waals surface area contributed by atoms with Gasteiger partial charge >= 0.3 is 6.09 Å². The van der Waals surface area contributed by atoms with Gasteiger partial charge in [-0.3, -0.25) is 0 Å². The van der Waals surface area contributed by atoms with Crippen molar-refractivity contribution in [3.8, 4) is 0 Å². The lowest BCUT2D eigenvalue weighted by Gasteiger charge is -2.36. The van der Waals surface area contributed by atoms with Crippen molar-refractivity contribution in [2.75, 3.05) is 34.2 Å². The van der Waals surface area contributed by atoms with Gasteiger partial charge in [0.2, 0.25) is 5.89 Å². The summed E-state index contributed by atoms with van der Waals surface area (Å²) in [6.45, 7) is 8.22. The summed E-state index contributed by atoms with van der Waals surface area (Å²) in [5, 5.41) is 12.1. The normalized spacial score (nSPS) is 16.5. The zero-order valence-corrected chi connectivity index (χ0v) is 26.0. The minimum absolute atomic E-state index is 0.121. The number of rotatable bonds is 14. The molecule has 0 radical (unpaired) electrons. The van der Waals surface area contributed by atoms with E-state index in [1.54, 1.807) is 4.90 Å². The fourth-order valence-electron chi connectivity index (χ4n) is 5.83. The van der Waals surface area contributed by atoms with Crippen molar-refractivity contribution in [2.45, 2.75) is 109 Å². The van der Waals surface area contributed by atoms with Gasteiger partial charge in [-0.25, -0.2) is 9.78 Å². The van der Waals surface area contributed by atoms with E-state index in [4.69, 9.17) is 9.15 Å². The van der Waals surface area contributed by atoms with Gasteiger partial charge in [0, 0.05) is 19.5 Å². The van der Waals surface area contributed by atoms with Crippen LogP contribution in [-0.2, 0) is 16.9 Å². The first-order chi connectivity index (χ1) is 18.9. The highest BCUT2D eigenvalue weighted by Crippen LogP contribution is 2.43. The van der Waals surface area contributed by atoms with Crippen molar-refractivity contribution in [1.29, 1.82) is 0 Å². The van der Waals surface area contributed by atoms with Crippen molar-refractivity contribution < 1.29 is 23.5 Å². The first-order valence-corrected chi connectivity index (χ1v) is 15.4. The number of carbonyl (C=O) groups is 1. The van der Waals surface area contributed by atoms with Gasteiger partial charge in [0.05, 0.1) is 26.8 Å². The maximum Gasteiger partial charge on any atom is 0.410 e. The van der Waals surface area contributed by atoms with Gasteiger partial charge in [0.15, 0.2) is 11.4 Å². The summed E-state index contributed by atoms with van der Waals surface area (Å²) >= 11 is 0. The summed E-state index contributed by atoms with van der Waals surface area (Å²) in [4.78, 5) is 18.4. The smallest absolute Gasteiger partial charge is 0.410 e. The Bertz CT molecular complexity index is 1020. The molecule has 0 saturated heterocycles. The third-order valence-corrected chi connectivity index (χ3v) is 8.09. The van der Waals surface area contributed by atoms with Crippen LogP contribution in [-0.4, -0.2) is 65.4 Å². The summed E-state index contributed by atoms with van der Waals surface area (Å²) in [5.41, 5.74) is -0.757. The Kier molecular flexibility index (Phi) is 11.6. The number of nitrogens with zero attached hydrogens (tertiary/aromatic N) is 3. The first-order valence-electron chi connectivity index (χ1n) is 15.4. The molecule has 0 aliphatic heterocycles. The second-order valence-corrected chi connectivity index (χ2v) is 13.4. The lowest BCUT2D eigenvalue weighted by molar-refractivity contribution is -0.904. The molecule has 1 aromatic heterocycles. The van der Waals surface area contributed by atoms with Crippen LogP contribution in [0.1, 0.15) is 109 Å². The highest BCUT2D eigenvalue weighted by Gasteiger charge is 2.44. The van der Waals surface area contributed by atoms with E-state index in [0.29, 0.717) is 5.89 Å². The van der Waals surface area contributed by atoms with E-state index < -0.39 is 11.2 Å². The van der Waals surface area contributed by atoms with E-state index >= 15 is 0 Å². The number of hydrogen-bond acceptors (Lipinski definition) is 5. The van der Waals surface area contributed by atoms with Crippen LogP contribution in [0.2, 0.25) is 0 Å². The minimum atomic E-state index is -1.18. The number of quaternary nitrogens is 1. The van der Waals surface area contributed by atoms with Crippen molar-refractivity contribution in [2.24, 2.45) is 5.92 Å². The zero-order valence-electron chi connectivity index (χ0n) is 26.0. The number of unbranched alkanes of at least 4 members (excludes halogenated alkanes) is 5. The average Bonchev–Trinajstić information content (AvgIpc) is 3.37. The lowest BCUT2D eigenvalue weighted by atomic mass is 9.73. The highest BCUT2D eigenvalue weighted by molar-refractivity contribution is 5.67. The van der Waals surface area contributed by atoms with Crippen molar-refractivity contribution in [3.05, 3.63) is 53.7 Å². The molecule has 1 heterocycles. The van der Waals surface area contributed by atoms with Crippen LogP contribution in [0.25, 0.3) is 0 Å². The van der Waals surface area contributed by atoms with Crippen LogP contribution in [0.3, 0.4) is 0 Å². The summed E-state index contributed by atoms with van der Waals surface area (Å²) < 4.78 is 12.5. The van der Waals surface area contributed by atoms with Gasteiger partial charge in [0.1, 0.15) is 12.1 Å². The SMILES string of the molecule is CN(CCCCCCCC[N+](C)(C)Cc1cnc(C(O)(c2ccccc2)C2CCCCC2)o1)C(=O)OC(C)(C)C. The van der Waals surface area contributed by atoms with E-state index in [9.17, 15) is 9.90 Å². The Hall–Kier alpha value is -2.38. The Morgan fingerprint density at radius 3 is 2.30 bits per heavy atom. The molecule has 224 valence electrons. The van der Waals surface area contributed by atoms with E-state index in [1.165, 1.54) is 25.7 Å². The molecule has 2 aromatic rings. The number of benzene rings is 1. The van der Waals surface area contributed by atoms with Crippen molar-refractivity contribution in [1.82, 2.24) is 9.88 Å². The van der Waals surface area contributed by atoms with E-state index in [1.807, 2.05) is 64.3 Å². The Morgan fingerprint density at radius 2 is 1.65 bits per heavy atom. The molecular weight excluding hydrogens is 502 g/mol. The number of aromatic nitrogens is 1. The number of carbonyl (C=O) groups excluding carboxylic acids is 1. The van der Waals surface area contributed by atoms with E-state index in [2.05, 4.69) is 19.1 Å². The maximum absolute atomic E-state index is 12.1. The van der Waals surface area contributed by atoms with Gasteiger partial charge < -0.3 is 23.6 Å². The van der Waals surface area contributed by atoms with Crippen LogP contribution in [0.15, 0.2) is 40.9 Å². The van der Waals surface area contributed by atoms with Gasteiger partial charge in [0.25, 0.3) is 0 Å². The second kappa shape index (κ2) is 14.5. The summed E-state index contributed by atoms with van der Waals surface area (Å²) in [6.07, 6.45) is 13.9. The predicted molar refractivity (Wildman–Crippen MR) is 160 cm³/mol. The summed E-state index contributed by atoms with van der Waals surface area (Å²) in [7, 11) is 6.28. The third-order valence-electron chi connectivity index (χ3n) is 8.09. The third kappa shape index (κ3) is 9.62. The lowest BCUT2D eigenvalue weighted by Crippen LogP contribution is -2.39. The quantitative estimate of drug-likeness (QED) is 0.196. The largest absolute Gasteiger partial charge is 0.444 e. The van der Waals surface area contributed by atoms with Crippen LogP contribution < -0.4 is 0 Å². The standard InChI is InChI=1S/C33H54N3O4/c1-32(2,3)40-31(37)35(4)23-17-9-7-8-10-18-24-36(5,6)26-29-25-34-30(39-29)33(38,27-19-13-11-14-20-27)28-21-15-12-16-22-28/h11,13-14,19-20,25,28,38H,7-10,12,15-18,21-24,26H2,1-6H3/q+1. The fraction of sp³-hybridized carbons (Fsp3) is 0.697. The average molecular weight is 557 g/mol. The number of hydrogen-bond donors (Lipinski definition) is 1. The van der Waals surface area contributed by atoms with Gasteiger partial charge in [-0.1, -0.05) is 68.9 Å². The Morgan fingerprint density at radius 1 is 1.02 bits per heavy atom. The Balaban J connectivity index is 1.43. The van der Waals surface area contributed by atoms with Gasteiger partial charge in [-0.2, -0.15) is 0 Å². The topological polar surface area (TPSA) is 75.8 Å². The first kappa shape index (κ1) is 32.1. The fourth-order valence-corrected chi connectivity index (χ4v) is 5.83. The molecule has 3 rings (SSSR count). The number of amides is 1.